The first-order valence-corrected chi connectivity index (χ1v) is 6.71. The maximum Gasteiger partial charge on any atom is 0.163 e. The van der Waals surface area contributed by atoms with E-state index in [1.54, 1.807) is 13.2 Å². The lowest BCUT2D eigenvalue weighted by molar-refractivity contribution is 0.101. The van der Waals surface area contributed by atoms with Crippen LogP contribution >= 0.6 is 23.2 Å². The summed E-state index contributed by atoms with van der Waals surface area (Å²) in [6.45, 7) is 4.55. The van der Waals surface area contributed by atoms with E-state index in [4.69, 9.17) is 27.9 Å². The highest BCUT2D eigenvalue weighted by molar-refractivity contribution is 6.36. The Labute approximate surface area is 122 Å². The van der Waals surface area contributed by atoms with Crippen LogP contribution in [0.15, 0.2) is 12.1 Å². The molecule has 0 unspecified atom stereocenters. The molecule has 1 aromatic heterocycles. The summed E-state index contributed by atoms with van der Waals surface area (Å²) < 4.78 is 6.98. The van der Waals surface area contributed by atoms with E-state index in [1.165, 1.54) is 6.92 Å². The van der Waals surface area contributed by atoms with Crippen molar-refractivity contribution in [3.05, 3.63) is 33.4 Å². The molecule has 0 amide bonds. The summed E-state index contributed by atoms with van der Waals surface area (Å²) in [4.78, 5) is 11.8. The highest BCUT2D eigenvalue weighted by Crippen LogP contribution is 2.35. The molecule has 19 heavy (non-hydrogen) atoms. The van der Waals surface area contributed by atoms with Gasteiger partial charge in [-0.15, -0.1) is 0 Å². The molecule has 3 nitrogen and oxygen atoms in total. The van der Waals surface area contributed by atoms with E-state index >= 15 is 0 Å². The molecule has 0 aliphatic rings. The van der Waals surface area contributed by atoms with Crippen LogP contribution in [-0.2, 0) is 11.3 Å². The van der Waals surface area contributed by atoms with Gasteiger partial charge in [-0.3, -0.25) is 4.79 Å². The Hall–Kier alpha value is -1.03. The molecule has 0 spiro atoms. The standard InChI is InChI=1S/C14H15Cl2NO2/c1-8-11(15)5-4-10-12(9(2)18)14(16)17(13(8)10)6-7-19-3/h4-5H,6-7H2,1-3H3. The lowest BCUT2D eigenvalue weighted by Crippen LogP contribution is -2.05. The smallest absolute Gasteiger partial charge is 0.163 e. The third-order valence-corrected chi connectivity index (χ3v) is 4.02. The minimum absolute atomic E-state index is 0.0483. The number of ether oxygens (including phenoxy) is 1. The van der Waals surface area contributed by atoms with Crippen LogP contribution < -0.4 is 0 Å². The highest BCUT2D eigenvalue weighted by atomic mass is 35.5. The molecule has 102 valence electrons. The summed E-state index contributed by atoms with van der Waals surface area (Å²) in [6.07, 6.45) is 0. The van der Waals surface area contributed by atoms with Crippen LogP contribution in [0.3, 0.4) is 0 Å². The minimum Gasteiger partial charge on any atom is -0.383 e. The Morgan fingerprint density at radius 2 is 2.05 bits per heavy atom. The van der Waals surface area contributed by atoms with Crippen LogP contribution in [0.25, 0.3) is 10.9 Å². The fraction of sp³-hybridized carbons (Fsp3) is 0.357. The molecule has 0 saturated heterocycles. The second-order valence-corrected chi connectivity index (χ2v) is 5.20. The van der Waals surface area contributed by atoms with Crippen molar-refractivity contribution in [3.63, 3.8) is 0 Å². The molecule has 0 saturated carbocycles. The fourth-order valence-corrected chi connectivity index (χ4v) is 2.85. The van der Waals surface area contributed by atoms with Gasteiger partial charge in [-0.2, -0.15) is 0 Å². The molecule has 0 radical (unpaired) electrons. The zero-order valence-electron chi connectivity index (χ0n) is 11.1. The molecule has 0 aliphatic carbocycles. The van der Waals surface area contributed by atoms with E-state index in [0.717, 1.165) is 16.5 Å². The molecule has 0 atom stereocenters. The molecule has 1 heterocycles. The average molecular weight is 300 g/mol. The zero-order valence-corrected chi connectivity index (χ0v) is 12.6. The van der Waals surface area contributed by atoms with Gasteiger partial charge in [0.25, 0.3) is 0 Å². The number of carbonyl (C=O) groups excluding carboxylic acids is 1. The number of halogens is 2. The number of aryl methyl sites for hydroxylation is 1. The van der Waals surface area contributed by atoms with Crippen molar-refractivity contribution in [2.75, 3.05) is 13.7 Å². The quantitative estimate of drug-likeness (QED) is 0.796. The molecule has 0 fully saturated rings. The van der Waals surface area contributed by atoms with Crippen LogP contribution in [-0.4, -0.2) is 24.1 Å². The Bertz CT molecular complexity index is 647. The number of ketones is 1. The number of nitrogens with zero attached hydrogens (tertiary/aromatic N) is 1. The summed E-state index contributed by atoms with van der Waals surface area (Å²) in [5, 5.41) is 1.95. The average Bonchev–Trinajstić information content (AvgIpc) is 2.64. The van der Waals surface area contributed by atoms with Crippen molar-refractivity contribution in [2.24, 2.45) is 0 Å². The minimum atomic E-state index is -0.0483. The van der Waals surface area contributed by atoms with Gasteiger partial charge in [0.1, 0.15) is 5.15 Å². The number of methoxy groups -OCH3 is 1. The number of fused-ring (bicyclic) bond motifs is 1. The summed E-state index contributed by atoms with van der Waals surface area (Å²) in [7, 11) is 1.63. The number of hydrogen-bond donors (Lipinski definition) is 0. The predicted octanol–water partition coefficient (Wildman–Crippen LogP) is 4.11. The zero-order chi connectivity index (χ0) is 14.2. The monoisotopic (exact) mass is 299 g/mol. The first kappa shape index (κ1) is 14.4. The van der Waals surface area contributed by atoms with Gasteiger partial charge in [-0.05, 0) is 25.5 Å². The topological polar surface area (TPSA) is 31.2 Å². The van der Waals surface area contributed by atoms with E-state index in [9.17, 15) is 4.79 Å². The Kier molecular flexibility index (Phi) is 4.19. The lowest BCUT2D eigenvalue weighted by Gasteiger charge is -2.09. The molecule has 0 aliphatic heterocycles. The van der Waals surface area contributed by atoms with Gasteiger partial charge in [0, 0.05) is 24.1 Å². The van der Waals surface area contributed by atoms with Crippen LogP contribution in [0.4, 0.5) is 0 Å². The number of Topliss-reactive ketones (excluding diaryl/α,β-unsaturated/α-hetero) is 1. The van der Waals surface area contributed by atoms with E-state index in [-0.39, 0.29) is 5.78 Å². The second-order valence-electron chi connectivity index (χ2n) is 4.43. The number of aromatic nitrogens is 1. The van der Waals surface area contributed by atoms with Gasteiger partial charge in [-0.25, -0.2) is 0 Å². The SMILES string of the molecule is COCCn1c(Cl)c(C(C)=O)c2ccc(Cl)c(C)c21. The summed E-state index contributed by atoms with van der Waals surface area (Å²) in [5.74, 6) is -0.0483. The number of carbonyl (C=O) groups is 1. The van der Waals surface area contributed by atoms with Crippen molar-refractivity contribution >= 4 is 39.9 Å². The Morgan fingerprint density at radius 3 is 2.63 bits per heavy atom. The van der Waals surface area contributed by atoms with E-state index in [2.05, 4.69) is 0 Å². The largest absolute Gasteiger partial charge is 0.383 e. The van der Waals surface area contributed by atoms with E-state index < -0.39 is 0 Å². The van der Waals surface area contributed by atoms with Crippen molar-refractivity contribution in [3.8, 4) is 0 Å². The maximum absolute atomic E-state index is 11.8. The molecule has 2 aromatic rings. The molecular weight excluding hydrogens is 285 g/mol. The molecule has 0 bridgehead atoms. The molecule has 2 rings (SSSR count). The number of hydrogen-bond acceptors (Lipinski definition) is 2. The first-order chi connectivity index (χ1) is 8.99. The maximum atomic E-state index is 11.8. The van der Waals surface area contributed by atoms with E-state index in [0.29, 0.717) is 28.9 Å². The van der Waals surface area contributed by atoms with Gasteiger partial charge in [0.2, 0.25) is 0 Å². The van der Waals surface area contributed by atoms with Gasteiger partial charge in [-0.1, -0.05) is 29.3 Å². The molecule has 5 heteroatoms. The van der Waals surface area contributed by atoms with Crippen LogP contribution in [0.1, 0.15) is 22.8 Å². The predicted molar refractivity (Wildman–Crippen MR) is 78.6 cm³/mol. The van der Waals surface area contributed by atoms with Crippen LogP contribution in [0.5, 0.6) is 0 Å². The van der Waals surface area contributed by atoms with Crippen LogP contribution in [0, 0.1) is 6.92 Å². The fourth-order valence-electron chi connectivity index (χ4n) is 2.30. The van der Waals surface area contributed by atoms with Crippen molar-refractivity contribution in [1.29, 1.82) is 0 Å². The molecule has 1 aromatic carbocycles. The Balaban J connectivity index is 2.81. The summed E-state index contributed by atoms with van der Waals surface area (Å²) in [6, 6.07) is 3.64. The van der Waals surface area contributed by atoms with Crippen LogP contribution in [0.2, 0.25) is 10.2 Å². The van der Waals surface area contributed by atoms with Gasteiger partial charge >= 0.3 is 0 Å². The first-order valence-electron chi connectivity index (χ1n) is 5.95. The Morgan fingerprint density at radius 1 is 1.37 bits per heavy atom. The van der Waals surface area contributed by atoms with Gasteiger partial charge in [0.05, 0.1) is 17.7 Å². The lowest BCUT2D eigenvalue weighted by atomic mass is 10.1. The normalized spacial score (nSPS) is 11.2. The molecule has 0 N–H and O–H groups in total. The number of benzene rings is 1. The summed E-state index contributed by atoms with van der Waals surface area (Å²) in [5.41, 5.74) is 2.37. The van der Waals surface area contributed by atoms with Gasteiger partial charge < -0.3 is 9.30 Å². The highest BCUT2D eigenvalue weighted by Gasteiger charge is 2.20. The molecular formula is C14H15Cl2NO2. The number of rotatable bonds is 4. The van der Waals surface area contributed by atoms with Gasteiger partial charge in [0.15, 0.2) is 5.78 Å². The van der Waals surface area contributed by atoms with Crippen molar-refractivity contribution in [2.45, 2.75) is 20.4 Å². The van der Waals surface area contributed by atoms with E-state index in [1.807, 2.05) is 17.6 Å². The second kappa shape index (κ2) is 5.53. The third kappa shape index (κ3) is 2.38. The third-order valence-electron chi connectivity index (χ3n) is 3.22. The van der Waals surface area contributed by atoms with Crippen molar-refractivity contribution in [1.82, 2.24) is 4.57 Å². The van der Waals surface area contributed by atoms with Crippen molar-refractivity contribution < 1.29 is 9.53 Å². The summed E-state index contributed by atoms with van der Waals surface area (Å²) >= 11 is 12.5.